The molecule has 19 heavy (non-hydrogen) atoms. The highest BCUT2D eigenvalue weighted by Gasteiger charge is 2.11. The number of pyridine rings is 1. The van der Waals surface area contributed by atoms with E-state index >= 15 is 0 Å². The van der Waals surface area contributed by atoms with Crippen molar-refractivity contribution in [2.24, 2.45) is 5.73 Å². The monoisotopic (exact) mass is 248 g/mol. The van der Waals surface area contributed by atoms with Gasteiger partial charge in [0.15, 0.2) is 0 Å². The van der Waals surface area contributed by atoms with Gasteiger partial charge in [-0.3, -0.25) is 9.78 Å². The van der Waals surface area contributed by atoms with E-state index in [0.717, 1.165) is 22.0 Å². The van der Waals surface area contributed by atoms with Crippen LogP contribution in [0.25, 0.3) is 22.0 Å². The Morgan fingerprint density at radius 2 is 1.63 bits per heavy atom. The van der Waals surface area contributed by atoms with Crippen molar-refractivity contribution in [1.29, 1.82) is 0 Å². The normalized spacial score (nSPS) is 10.5. The number of fused-ring (bicyclic) bond motifs is 1. The van der Waals surface area contributed by atoms with Crippen LogP contribution >= 0.6 is 0 Å². The van der Waals surface area contributed by atoms with Gasteiger partial charge < -0.3 is 5.73 Å². The van der Waals surface area contributed by atoms with Gasteiger partial charge in [-0.25, -0.2) is 0 Å². The van der Waals surface area contributed by atoms with Crippen LogP contribution in [0, 0.1) is 0 Å². The topological polar surface area (TPSA) is 56.0 Å². The molecule has 0 spiro atoms. The Balaban J connectivity index is 2.34. The van der Waals surface area contributed by atoms with E-state index < -0.39 is 5.91 Å². The molecule has 0 aliphatic heterocycles. The average molecular weight is 248 g/mol. The van der Waals surface area contributed by atoms with E-state index in [1.54, 1.807) is 12.3 Å². The molecule has 3 rings (SSSR count). The van der Waals surface area contributed by atoms with Crippen LogP contribution in [0.15, 0.2) is 60.8 Å². The first-order chi connectivity index (χ1) is 9.27. The van der Waals surface area contributed by atoms with Crippen molar-refractivity contribution < 1.29 is 4.79 Å². The molecule has 3 heteroatoms. The van der Waals surface area contributed by atoms with Gasteiger partial charge in [0.1, 0.15) is 0 Å². The molecule has 2 N–H and O–H groups in total. The maximum Gasteiger partial charge on any atom is 0.249 e. The van der Waals surface area contributed by atoms with Gasteiger partial charge in [0.05, 0.1) is 5.52 Å². The predicted octanol–water partition coefficient (Wildman–Crippen LogP) is 3.00. The molecule has 1 heterocycles. The molecule has 0 unspecified atom stereocenters. The lowest BCUT2D eigenvalue weighted by Gasteiger charge is -2.09. The van der Waals surface area contributed by atoms with Crippen molar-refractivity contribution in [3.63, 3.8) is 0 Å². The number of aromatic nitrogens is 1. The highest BCUT2D eigenvalue weighted by molar-refractivity contribution is 6.04. The number of amides is 1. The number of nitrogens with zero attached hydrogens (tertiary/aromatic N) is 1. The summed E-state index contributed by atoms with van der Waals surface area (Å²) in [5, 5.41) is 1.01. The second-order valence-electron chi connectivity index (χ2n) is 4.29. The summed E-state index contributed by atoms with van der Waals surface area (Å²) in [5.74, 6) is -0.420. The van der Waals surface area contributed by atoms with Crippen LogP contribution in [0.3, 0.4) is 0 Å². The highest BCUT2D eigenvalue weighted by atomic mass is 16.1. The Kier molecular flexibility index (Phi) is 2.72. The molecule has 2 aromatic carbocycles. The maximum absolute atomic E-state index is 11.5. The molecule has 0 radical (unpaired) electrons. The summed E-state index contributed by atoms with van der Waals surface area (Å²) in [5.41, 5.74) is 8.68. The third-order valence-corrected chi connectivity index (χ3v) is 3.13. The zero-order valence-corrected chi connectivity index (χ0v) is 10.2. The number of carbonyl (C=O) groups excluding carboxylic acids is 1. The van der Waals surface area contributed by atoms with Gasteiger partial charge in [0.25, 0.3) is 0 Å². The fourth-order valence-corrected chi connectivity index (χ4v) is 2.26. The molecular weight excluding hydrogens is 236 g/mol. The number of hydrogen-bond donors (Lipinski definition) is 1. The van der Waals surface area contributed by atoms with Crippen LogP contribution in [0.1, 0.15) is 10.4 Å². The fraction of sp³-hybridized carbons (Fsp3) is 0. The third kappa shape index (κ3) is 1.95. The van der Waals surface area contributed by atoms with Gasteiger partial charge >= 0.3 is 0 Å². The van der Waals surface area contributed by atoms with E-state index in [0.29, 0.717) is 5.56 Å². The zero-order chi connectivity index (χ0) is 13.2. The van der Waals surface area contributed by atoms with E-state index in [1.807, 2.05) is 48.5 Å². The number of hydrogen-bond acceptors (Lipinski definition) is 2. The first-order valence-corrected chi connectivity index (χ1v) is 6.00. The van der Waals surface area contributed by atoms with Crippen LogP contribution in [0.5, 0.6) is 0 Å². The van der Waals surface area contributed by atoms with E-state index in [-0.39, 0.29) is 0 Å². The van der Waals surface area contributed by atoms with Crippen LogP contribution in [-0.2, 0) is 0 Å². The second kappa shape index (κ2) is 4.53. The standard InChI is InChI=1S/C16H12N2O/c17-16(19)14-7-2-1-5-11(14)12-9-10-18-15-8-4-3-6-13(12)15/h1-10H,(H2,17,19). The van der Waals surface area contributed by atoms with Gasteiger partial charge in [-0.15, -0.1) is 0 Å². The number of nitrogens with two attached hydrogens (primary N) is 1. The van der Waals surface area contributed by atoms with Crippen molar-refractivity contribution in [2.45, 2.75) is 0 Å². The number of primary amides is 1. The van der Waals surface area contributed by atoms with Crippen molar-refractivity contribution in [3.05, 3.63) is 66.4 Å². The predicted molar refractivity (Wildman–Crippen MR) is 75.7 cm³/mol. The molecule has 1 amide bonds. The van der Waals surface area contributed by atoms with Crippen LogP contribution in [-0.4, -0.2) is 10.9 Å². The molecule has 3 aromatic rings. The van der Waals surface area contributed by atoms with Gasteiger partial charge in [0, 0.05) is 17.1 Å². The van der Waals surface area contributed by atoms with E-state index in [2.05, 4.69) is 4.98 Å². The minimum absolute atomic E-state index is 0.420. The molecule has 0 aliphatic carbocycles. The Morgan fingerprint density at radius 1 is 0.895 bits per heavy atom. The third-order valence-electron chi connectivity index (χ3n) is 3.13. The number of rotatable bonds is 2. The van der Waals surface area contributed by atoms with Gasteiger partial charge in [0.2, 0.25) is 5.91 Å². The first kappa shape index (κ1) is 11.4. The van der Waals surface area contributed by atoms with E-state index in [9.17, 15) is 4.79 Å². The van der Waals surface area contributed by atoms with E-state index in [4.69, 9.17) is 5.73 Å². The van der Waals surface area contributed by atoms with E-state index in [1.165, 1.54) is 0 Å². The summed E-state index contributed by atoms with van der Waals surface area (Å²) >= 11 is 0. The molecule has 0 bridgehead atoms. The molecule has 92 valence electrons. The molecule has 0 atom stereocenters. The Bertz CT molecular complexity index is 760. The van der Waals surface area contributed by atoms with Crippen LogP contribution < -0.4 is 5.73 Å². The summed E-state index contributed by atoms with van der Waals surface area (Å²) < 4.78 is 0. The Hall–Kier alpha value is -2.68. The summed E-state index contributed by atoms with van der Waals surface area (Å²) in [7, 11) is 0. The summed E-state index contributed by atoms with van der Waals surface area (Å²) in [6.07, 6.45) is 1.75. The number of para-hydroxylation sites is 1. The van der Waals surface area contributed by atoms with Crippen molar-refractivity contribution in [1.82, 2.24) is 4.98 Å². The fourth-order valence-electron chi connectivity index (χ4n) is 2.26. The lowest BCUT2D eigenvalue weighted by atomic mass is 9.96. The van der Waals surface area contributed by atoms with Crippen LogP contribution in [0.2, 0.25) is 0 Å². The van der Waals surface area contributed by atoms with Gasteiger partial charge in [-0.2, -0.15) is 0 Å². The van der Waals surface area contributed by atoms with Crippen molar-refractivity contribution in [2.75, 3.05) is 0 Å². The lowest BCUT2D eigenvalue weighted by molar-refractivity contribution is 0.100. The zero-order valence-electron chi connectivity index (χ0n) is 10.2. The lowest BCUT2D eigenvalue weighted by Crippen LogP contribution is -2.12. The van der Waals surface area contributed by atoms with Gasteiger partial charge in [-0.1, -0.05) is 36.4 Å². The van der Waals surface area contributed by atoms with Gasteiger partial charge in [-0.05, 0) is 29.3 Å². The summed E-state index contributed by atoms with van der Waals surface area (Å²) in [4.78, 5) is 15.9. The Labute approximate surface area is 110 Å². The Morgan fingerprint density at radius 3 is 2.47 bits per heavy atom. The number of benzene rings is 2. The van der Waals surface area contributed by atoms with Crippen molar-refractivity contribution in [3.8, 4) is 11.1 Å². The highest BCUT2D eigenvalue weighted by Crippen LogP contribution is 2.29. The first-order valence-electron chi connectivity index (χ1n) is 6.00. The molecule has 0 fully saturated rings. The molecule has 0 aliphatic rings. The summed E-state index contributed by atoms with van der Waals surface area (Å²) in [6, 6.07) is 17.1. The van der Waals surface area contributed by atoms with Crippen LogP contribution in [0.4, 0.5) is 0 Å². The molecule has 3 nitrogen and oxygen atoms in total. The largest absolute Gasteiger partial charge is 0.366 e. The molecular formula is C16H12N2O. The quantitative estimate of drug-likeness (QED) is 0.758. The minimum atomic E-state index is -0.420. The molecule has 0 saturated heterocycles. The summed E-state index contributed by atoms with van der Waals surface area (Å²) in [6.45, 7) is 0. The average Bonchev–Trinajstić information content (AvgIpc) is 2.46. The molecule has 1 aromatic heterocycles. The minimum Gasteiger partial charge on any atom is -0.366 e. The second-order valence-corrected chi connectivity index (χ2v) is 4.29. The maximum atomic E-state index is 11.5. The number of carbonyl (C=O) groups is 1. The van der Waals surface area contributed by atoms with Crippen molar-refractivity contribution >= 4 is 16.8 Å². The molecule has 0 saturated carbocycles. The smallest absolute Gasteiger partial charge is 0.249 e. The SMILES string of the molecule is NC(=O)c1ccccc1-c1ccnc2ccccc12.